The predicted molar refractivity (Wildman–Crippen MR) is 102 cm³/mol. The second-order valence-electron chi connectivity index (χ2n) is 6.48. The summed E-state index contributed by atoms with van der Waals surface area (Å²) in [4.78, 5) is 15.3. The molecular weight excluding hydrogens is 338 g/mol. The molecule has 1 aliphatic rings. The van der Waals surface area contributed by atoms with Crippen molar-refractivity contribution in [3.63, 3.8) is 0 Å². The zero-order chi connectivity index (χ0) is 18.4. The van der Waals surface area contributed by atoms with Gasteiger partial charge < -0.3 is 16.2 Å². The van der Waals surface area contributed by atoms with Gasteiger partial charge >= 0.3 is 0 Å². The van der Waals surface area contributed by atoms with E-state index in [9.17, 15) is 4.79 Å². The van der Waals surface area contributed by atoms with E-state index in [-0.39, 0.29) is 23.9 Å². The highest BCUT2D eigenvalue weighted by Gasteiger charge is 2.39. The molecule has 0 radical (unpaired) electrons. The van der Waals surface area contributed by atoms with Crippen LogP contribution in [0.1, 0.15) is 57.6 Å². The summed E-state index contributed by atoms with van der Waals surface area (Å²) in [5, 5.41) is 4.33. The molecule has 0 saturated carbocycles. The third-order valence-electron chi connectivity index (χ3n) is 5.08. The molecule has 0 spiro atoms. The van der Waals surface area contributed by atoms with Crippen LogP contribution in [0, 0.1) is 5.92 Å². The Morgan fingerprint density at radius 3 is 2.48 bits per heavy atom. The first-order valence-electron chi connectivity index (χ1n) is 8.86. The lowest BCUT2D eigenvalue weighted by atomic mass is 9.84. The largest absolute Gasteiger partial charge is 0.332 e. The average molecular weight is 366 g/mol. The van der Waals surface area contributed by atoms with E-state index < -0.39 is 0 Å². The zero-order valence-electron chi connectivity index (χ0n) is 14.9. The maximum Gasteiger partial charge on any atom is 0.226 e. The molecule has 5 N–H and O–H groups in total. The van der Waals surface area contributed by atoms with Gasteiger partial charge in [0.05, 0.1) is 6.04 Å². The number of hydrazone groups is 1. The van der Waals surface area contributed by atoms with E-state index in [4.69, 9.17) is 23.3 Å². The van der Waals surface area contributed by atoms with Gasteiger partial charge in [0.1, 0.15) is 5.84 Å². The fourth-order valence-electron chi connectivity index (χ4n) is 3.69. The van der Waals surface area contributed by atoms with E-state index in [2.05, 4.69) is 29.3 Å². The summed E-state index contributed by atoms with van der Waals surface area (Å²) in [5.41, 5.74) is 3.61. The zero-order valence-corrected chi connectivity index (χ0v) is 15.7. The number of nitrogens with one attached hydrogen (secondary N) is 1. The van der Waals surface area contributed by atoms with Crippen molar-refractivity contribution in [3.05, 3.63) is 34.9 Å². The lowest BCUT2D eigenvalue weighted by Gasteiger charge is -2.44. The van der Waals surface area contributed by atoms with Crippen LogP contribution in [-0.2, 0) is 4.79 Å². The average Bonchev–Trinajstić information content (AvgIpc) is 2.63. The molecule has 0 bridgehead atoms. The van der Waals surface area contributed by atoms with E-state index in [0.29, 0.717) is 17.3 Å². The van der Waals surface area contributed by atoms with Crippen LogP contribution in [0.15, 0.2) is 29.4 Å². The summed E-state index contributed by atoms with van der Waals surface area (Å²) in [6.45, 7) is 4.25. The number of carbonyl (C=O) groups is 1. The number of halogens is 1. The Labute approximate surface area is 154 Å². The van der Waals surface area contributed by atoms with Crippen LogP contribution in [-0.4, -0.2) is 22.7 Å². The van der Waals surface area contributed by atoms with Crippen molar-refractivity contribution in [1.82, 2.24) is 10.3 Å². The molecular formula is C18H28ClN5O. The molecule has 25 heavy (non-hydrogen) atoms. The van der Waals surface area contributed by atoms with Crippen LogP contribution in [0.2, 0.25) is 5.02 Å². The van der Waals surface area contributed by atoms with E-state index >= 15 is 0 Å². The number of benzene rings is 1. The minimum Gasteiger partial charge on any atom is -0.332 e. The molecule has 0 aliphatic carbocycles. The van der Waals surface area contributed by atoms with Gasteiger partial charge in [-0.3, -0.25) is 4.79 Å². The molecule has 1 heterocycles. The Kier molecular flexibility index (Phi) is 7.08. The van der Waals surface area contributed by atoms with Crippen LogP contribution in [0.4, 0.5) is 0 Å². The van der Waals surface area contributed by atoms with Gasteiger partial charge in [0.2, 0.25) is 5.91 Å². The molecule has 1 fully saturated rings. The van der Waals surface area contributed by atoms with Crippen LogP contribution >= 0.6 is 11.6 Å². The number of nitrogens with zero attached hydrogens (tertiary/aromatic N) is 2. The summed E-state index contributed by atoms with van der Waals surface area (Å²) in [6.07, 6.45) is 3.97. The smallest absolute Gasteiger partial charge is 0.226 e. The minimum atomic E-state index is -0.150. The molecule has 2 unspecified atom stereocenters. The molecule has 138 valence electrons. The van der Waals surface area contributed by atoms with Crippen molar-refractivity contribution in [1.29, 1.82) is 0 Å². The lowest BCUT2D eigenvalue weighted by Crippen LogP contribution is -2.49. The quantitative estimate of drug-likeness (QED) is 0.312. The van der Waals surface area contributed by atoms with Gasteiger partial charge in [0.15, 0.2) is 0 Å². The molecule has 0 aromatic heterocycles. The van der Waals surface area contributed by atoms with E-state index in [0.717, 1.165) is 31.2 Å². The van der Waals surface area contributed by atoms with Gasteiger partial charge in [-0.1, -0.05) is 37.6 Å². The Bertz CT molecular complexity index is 600. The number of amidine groups is 1. The Hall–Kier alpha value is -1.79. The third-order valence-corrected chi connectivity index (χ3v) is 5.33. The molecule has 2 atom stereocenters. The number of rotatable bonds is 6. The van der Waals surface area contributed by atoms with Crippen molar-refractivity contribution >= 4 is 23.3 Å². The fraction of sp³-hybridized carbons (Fsp3) is 0.556. The van der Waals surface area contributed by atoms with Gasteiger partial charge in [-0.15, -0.1) is 0 Å². The first kappa shape index (κ1) is 19.5. The van der Waals surface area contributed by atoms with Crippen molar-refractivity contribution in [3.8, 4) is 0 Å². The highest BCUT2D eigenvalue weighted by molar-refractivity contribution is 6.30. The normalized spacial score (nSPS) is 21.7. The van der Waals surface area contributed by atoms with Gasteiger partial charge in [-0.25, -0.2) is 5.84 Å². The second kappa shape index (κ2) is 9.06. The van der Waals surface area contributed by atoms with Gasteiger partial charge in [0, 0.05) is 23.4 Å². The predicted octanol–water partition coefficient (Wildman–Crippen LogP) is 2.93. The van der Waals surface area contributed by atoms with Crippen molar-refractivity contribution in [2.45, 2.75) is 58.0 Å². The topological polar surface area (TPSA) is 96.7 Å². The number of hydrogen-bond acceptors (Lipinski definition) is 4. The fourth-order valence-corrected chi connectivity index (χ4v) is 3.81. The van der Waals surface area contributed by atoms with Crippen LogP contribution in [0.25, 0.3) is 0 Å². The standard InChI is InChI=1S/C18H28ClN5O/c1-3-15(4-2)24-16(12-5-8-14(19)9-6-12)10-7-13(18(24)25)11-17(22-20)23-21/h5-6,8-9,13,15-16H,3-4,7,10-11,20-21H2,1-2H3,(H,22,23). The molecule has 1 aromatic carbocycles. The summed E-state index contributed by atoms with van der Waals surface area (Å²) < 4.78 is 0. The maximum atomic E-state index is 13.2. The number of piperidine rings is 1. The number of hydrazine groups is 1. The van der Waals surface area contributed by atoms with Crippen molar-refractivity contribution in [2.24, 2.45) is 22.7 Å². The minimum absolute atomic E-state index is 0.0787. The highest BCUT2D eigenvalue weighted by atomic mass is 35.5. The number of carbonyl (C=O) groups excluding carboxylic acids is 1. The summed E-state index contributed by atoms with van der Waals surface area (Å²) in [7, 11) is 0. The Morgan fingerprint density at radius 1 is 1.32 bits per heavy atom. The van der Waals surface area contributed by atoms with Gasteiger partial charge in [0.25, 0.3) is 0 Å². The molecule has 1 aromatic rings. The second-order valence-corrected chi connectivity index (χ2v) is 6.92. The van der Waals surface area contributed by atoms with Crippen molar-refractivity contribution < 1.29 is 4.79 Å². The lowest BCUT2D eigenvalue weighted by molar-refractivity contribution is -0.145. The van der Waals surface area contributed by atoms with E-state index in [1.807, 2.05) is 24.3 Å². The van der Waals surface area contributed by atoms with Crippen molar-refractivity contribution in [2.75, 3.05) is 0 Å². The van der Waals surface area contributed by atoms with Crippen LogP contribution in [0.5, 0.6) is 0 Å². The number of likely N-dealkylation sites (tertiary alicyclic amines) is 1. The Morgan fingerprint density at radius 2 is 1.96 bits per heavy atom. The Balaban J connectivity index is 2.30. The molecule has 1 amide bonds. The van der Waals surface area contributed by atoms with E-state index in [1.165, 1.54) is 0 Å². The van der Waals surface area contributed by atoms with Gasteiger partial charge in [-0.2, -0.15) is 5.10 Å². The summed E-state index contributed by atoms with van der Waals surface area (Å²) >= 11 is 6.02. The first-order chi connectivity index (χ1) is 12.0. The number of hydrogen-bond donors (Lipinski definition) is 3. The number of amides is 1. The highest BCUT2D eigenvalue weighted by Crippen LogP contribution is 2.38. The number of nitrogens with two attached hydrogens (primary N) is 2. The third kappa shape index (κ3) is 4.44. The van der Waals surface area contributed by atoms with Gasteiger partial charge in [-0.05, 0) is 43.4 Å². The monoisotopic (exact) mass is 365 g/mol. The van der Waals surface area contributed by atoms with E-state index in [1.54, 1.807) is 0 Å². The van der Waals surface area contributed by atoms with Crippen LogP contribution < -0.4 is 17.1 Å². The summed E-state index contributed by atoms with van der Waals surface area (Å²) in [5.74, 6) is 11.2. The van der Waals surface area contributed by atoms with Crippen LogP contribution in [0.3, 0.4) is 0 Å². The molecule has 6 nitrogen and oxygen atoms in total. The maximum absolute atomic E-state index is 13.2. The molecule has 1 aliphatic heterocycles. The SMILES string of the molecule is CCC(CC)N1C(=O)C(C/C(=N/N)NN)CCC1c1ccc(Cl)cc1. The first-order valence-corrected chi connectivity index (χ1v) is 9.24. The molecule has 2 rings (SSSR count). The molecule has 7 heteroatoms. The summed E-state index contributed by atoms with van der Waals surface area (Å²) in [6, 6.07) is 8.09. The molecule has 1 saturated heterocycles.